The smallest absolute Gasteiger partial charge is 0.339 e. The number of aromatic carboxylic acids is 1. The first-order valence-electron chi connectivity index (χ1n) is 20.9. The van der Waals surface area contributed by atoms with Crippen LogP contribution in [0, 0.1) is 18.6 Å². The van der Waals surface area contributed by atoms with Crippen LogP contribution in [0.25, 0.3) is 22.3 Å². The molecule has 0 saturated carbocycles. The van der Waals surface area contributed by atoms with E-state index in [1.54, 1.807) is 85.8 Å². The lowest BCUT2D eigenvalue weighted by Crippen LogP contribution is -2.24. The van der Waals surface area contributed by atoms with Gasteiger partial charge in [0, 0.05) is 14.3 Å². The highest BCUT2D eigenvalue weighted by Gasteiger charge is 2.23. The summed E-state index contributed by atoms with van der Waals surface area (Å²) in [6.07, 6.45) is 0. The Hall–Kier alpha value is -5.50. The Balaban J connectivity index is 0.000000246. The van der Waals surface area contributed by atoms with Crippen LogP contribution in [-0.2, 0) is 19.5 Å². The SMILES string of the molecule is CC(C)(C)OC(=O)c1ccccc1-c1ccc(CBr)c(F)c1.CC(C)(C)OC(=O)c1ccccc1Br.Cc1ccc(-c2ccccc2C(=O)OC(C)(C)C)cc1F.O=C(O)c1ccccc1Br. The summed E-state index contributed by atoms with van der Waals surface area (Å²) in [6.45, 7) is 18.2. The molecule has 1 N–H and O–H groups in total. The Labute approximate surface area is 417 Å². The third-order valence-electron chi connectivity index (χ3n) is 8.68. The number of hydrogen-bond acceptors (Lipinski definition) is 7. The third-order valence-corrected chi connectivity index (χ3v) is 10.7. The Morgan fingerprint density at radius 1 is 0.493 bits per heavy atom. The molecule has 0 aliphatic heterocycles. The maximum Gasteiger partial charge on any atom is 0.339 e. The van der Waals surface area contributed by atoms with E-state index in [0.29, 0.717) is 65.4 Å². The maximum absolute atomic E-state index is 14.0. The zero-order chi connectivity index (χ0) is 50.3. The molecule has 354 valence electrons. The van der Waals surface area contributed by atoms with Gasteiger partial charge in [0.15, 0.2) is 0 Å². The Kier molecular flexibility index (Phi) is 20.9. The molecule has 0 aliphatic rings. The predicted molar refractivity (Wildman–Crippen MR) is 272 cm³/mol. The van der Waals surface area contributed by atoms with E-state index < -0.39 is 34.7 Å². The van der Waals surface area contributed by atoms with E-state index >= 15 is 0 Å². The van der Waals surface area contributed by atoms with Crippen LogP contribution < -0.4 is 0 Å². The zero-order valence-electron chi connectivity index (χ0n) is 39.1. The number of rotatable bonds is 7. The fourth-order valence-electron chi connectivity index (χ4n) is 5.67. The van der Waals surface area contributed by atoms with Crippen LogP contribution in [0.15, 0.2) is 142 Å². The van der Waals surface area contributed by atoms with E-state index in [1.165, 1.54) is 12.1 Å². The third kappa shape index (κ3) is 18.6. The summed E-state index contributed by atoms with van der Waals surface area (Å²) in [5, 5.41) is 8.99. The number of ether oxygens (including phenoxy) is 3. The highest BCUT2D eigenvalue weighted by Crippen LogP contribution is 2.29. The molecular weight excluding hydrogens is 1050 g/mol. The standard InChI is InChI=1S/C18H18BrFO2.C18H19FO2.C11H13BrO2.C7H5BrO2/c1-18(2,3)22-17(21)15-7-5-4-6-14(15)12-8-9-13(11-19)16(20)10-12;1-12-9-10-13(11-16(12)19)14-7-5-6-8-15(14)17(20)21-18(2,3)4;1-11(2,3)14-10(13)8-6-4-5-7-9(8)12;8-6-4-2-1-3-5(6)7(9)10/h4-10H,11H2,1-3H3;5-11H,1-4H3;4-7H,1-3H3;1-4H,(H,9,10). The van der Waals surface area contributed by atoms with Gasteiger partial charge in [-0.1, -0.05) is 101 Å². The van der Waals surface area contributed by atoms with Crippen molar-refractivity contribution in [3.8, 4) is 22.3 Å². The van der Waals surface area contributed by atoms with Crippen LogP contribution in [0.4, 0.5) is 8.78 Å². The van der Waals surface area contributed by atoms with Gasteiger partial charge in [-0.15, -0.1) is 0 Å². The van der Waals surface area contributed by atoms with Crippen LogP contribution in [0.1, 0.15) is 115 Å². The molecular formula is C54H55Br3F2O8. The Morgan fingerprint density at radius 2 is 0.836 bits per heavy atom. The monoisotopic (exact) mass is 1110 g/mol. The molecule has 0 atom stereocenters. The number of benzene rings is 6. The molecule has 0 aromatic heterocycles. The van der Waals surface area contributed by atoms with Gasteiger partial charge < -0.3 is 19.3 Å². The highest BCUT2D eigenvalue weighted by atomic mass is 79.9. The second-order valence-corrected chi connectivity index (χ2v) is 20.0. The molecule has 6 aromatic carbocycles. The fourth-order valence-corrected chi connectivity index (χ4v) is 7.03. The molecule has 0 bridgehead atoms. The molecule has 0 unspecified atom stereocenters. The van der Waals surface area contributed by atoms with Gasteiger partial charge in [-0.3, -0.25) is 0 Å². The summed E-state index contributed by atoms with van der Waals surface area (Å²) in [4.78, 5) is 46.7. The van der Waals surface area contributed by atoms with Gasteiger partial charge in [0.25, 0.3) is 0 Å². The Morgan fingerprint density at radius 3 is 1.18 bits per heavy atom. The summed E-state index contributed by atoms with van der Waals surface area (Å²) < 4.78 is 45.2. The van der Waals surface area contributed by atoms with E-state index in [2.05, 4.69) is 47.8 Å². The van der Waals surface area contributed by atoms with Crippen LogP contribution in [0.2, 0.25) is 0 Å². The minimum Gasteiger partial charge on any atom is -0.478 e. The van der Waals surface area contributed by atoms with Crippen LogP contribution in [0.3, 0.4) is 0 Å². The van der Waals surface area contributed by atoms with Gasteiger partial charge in [0.1, 0.15) is 28.4 Å². The van der Waals surface area contributed by atoms with Gasteiger partial charge in [0.2, 0.25) is 0 Å². The molecule has 0 spiro atoms. The molecule has 0 saturated heterocycles. The van der Waals surface area contributed by atoms with Crippen molar-refractivity contribution in [2.24, 2.45) is 0 Å². The molecule has 0 aliphatic carbocycles. The Bertz CT molecular complexity index is 2660. The summed E-state index contributed by atoms with van der Waals surface area (Å²) in [5.74, 6) is -2.61. The number of carbonyl (C=O) groups is 4. The first-order chi connectivity index (χ1) is 31.2. The van der Waals surface area contributed by atoms with Crippen molar-refractivity contribution in [1.29, 1.82) is 0 Å². The van der Waals surface area contributed by atoms with E-state index in [9.17, 15) is 28.0 Å². The lowest BCUT2D eigenvalue weighted by atomic mass is 9.98. The van der Waals surface area contributed by atoms with E-state index in [1.807, 2.05) is 105 Å². The molecule has 0 heterocycles. The van der Waals surface area contributed by atoms with Gasteiger partial charge in [-0.2, -0.15) is 0 Å². The van der Waals surface area contributed by atoms with Crippen LogP contribution >= 0.6 is 47.8 Å². The number of hydrogen-bond donors (Lipinski definition) is 1. The van der Waals surface area contributed by atoms with Gasteiger partial charge >= 0.3 is 23.9 Å². The predicted octanol–water partition coefficient (Wildman–Crippen LogP) is 15.7. The first kappa shape index (κ1) is 55.8. The number of alkyl halides is 1. The summed E-state index contributed by atoms with van der Waals surface area (Å²) >= 11 is 9.67. The lowest BCUT2D eigenvalue weighted by molar-refractivity contribution is 0.00565. The highest BCUT2D eigenvalue weighted by molar-refractivity contribution is 9.11. The second kappa shape index (κ2) is 25.0. The van der Waals surface area contributed by atoms with E-state index in [-0.39, 0.29) is 17.6 Å². The maximum atomic E-state index is 14.0. The van der Waals surface area contributed by atoms with Crippen molar-refractivity contribution in [2.45, 2.75) is 91.4 Å². The summed E-state index contributed by atoms with van der Waals surface area (Å²) in [6, 6.07) is 38.0. The molecule has 13 heteroatoms. The quantitative estimate of drug-likeness (QED) is 0.0955. The largest absolute Gasteiger partial charge is 0.478 e. The molecule has 6 rings (SSSR count). The number of halogens is 5. The van der Waals surface area contributed by atoms with Gasteiger partial charge in [0.05, 0.1) is 22.3 Å². The van der Waals surface area contributed by atoms with E-state index in [0.717, 1.165) is 4.47 Å². The topological polar surface area (TPSA) is 116 Å². The summed E-state index contributed by atoms with van der Waals surface area (Å²) in [7, 11) is 0. The van der Waals surface area contributed by atoms with Crippen molar-refractivity contribution >= 4 is 71.7 Å². The molecule has 67 heavy (non-hydrogen) atoms. The van der Waals surface area contributed by atoms with Crippen molar-refractivity contribution < 1.29 is 47.3 Å². The van der Waals surface area contributed by atoms with Crippen molar-refractivity contribution in [1.82, 2.24) is 0 Å². The number of carbonyl (C=O) groups excluding carboxylic acids is 3. The van der Waals surface area contributed by atoms with Crippen LogP contribution in [-0.4, -0.2) is 45.8 Å². The fraction of sp³-hybridized carbons (Fsp3) is 0.259. The van der Waals surface area contributed by atoms with Crippen molar-refractivity contribution in [3.05, 3.63) is 187 Å². The minimum absolute atomic E-state index is 0.286. The molecule has 0 radical (unpaired) electrons. The van der Waals surface area contributed by atoms with Crippen molar-refractivity contribution in [3.63, 3.8) is 0 Å². The first-order valence-corrected chi connectivity index (χ1v) is 23.6. The number of esters is 3. The normalized spacial score (nSPS) is 11.0. The van der Waals surface area contributed by atoms with Crippen molar-refractivity contribution in [2.75, 3.05) is 0 Å². The molecule has 8 nitrogen and oxygen atoms in total. The van der Waals surface area contributed by atoms with Crippen LogP contribution in [0.5, 0.6) is 0 Å². The average Bonchev–Trinajstić information content (AvgIpc) is 3.24. The second-order valence-electron chi connectivity index (χ2n) is 17.8. The molecule has 0 fully saturated rings. The van der Waals surface area contributed by atoms with E-state index in [4.69, 9.17) is 19.3 Å². The summed E-state index contributed by atoms with van der Waals surface area (Å²) in [5.41, 5.74) is 3.95. The average molecular weight is 1110 g/mol. The molecule has 0 amide bonds. The number of aryl methyl sites for hydroxylation is 1. The number of carboxylic acid groups (broad SMARTS) is 1. The van der Waals surface area contributed by atoms with Gasteiger partial charge in [-0.25, -0.2) is 28.0 Å². The zero-order valence-corrected chi connectivity index (χ0v) is 43.9. The minimum atomic E-state index is -0.910. The van der Waals surface area contributed by atoms with Gasteiger partial charge in [-0.05, 0) is 183 Å². The molecule has 6 aromatic rings. The lowest BCUT2D eigenvalue weighted by Gasteiger charge is -2.20. The number of carboxylic acids is 1.